The number of nitrogens with two attached hydrogens (primary N) is 1. The molecule has 3 nitrogen and oxygen atoms in total. The lowest BCUT2D eigenvalue weighted by molar-refractivity contribution is -0.157. The van der Waals surface area contributed by atoms with Crippen molar-refractivity contribution in [2.45, 2.75) is 43.9 Å². The molecule has 2 saturated carbocycles. The molecule has 1 spiro atoms. The van der Waals surface area contributed by atoms with Crippen molar-refractivity contribution < 1.29 is 4.74 Å². The Bertz CT molecular complexity index is 281. The van der Waals surface area contributed by atoms with E-state index in [0.717, 1.165) is 12.0 Å². The Balaban J connectivity index is 1.43. The van der Waals surface area contributed by atoms with E-state index in [1.54, 1.807) is 0 Å². The Hall–Kier alpha value is -0.120. The second kappa shape index (κ2) is 2.76. The summed E-state index contributed by atoms with van der Waals surface area (Å²) in [5, 5.41) is 0. The quantitative estimate of drug-likeness (QED) is 0.685. The Morgan fingerprint density at radius 2 is 2.07 bits per heavy atom. The van der Waals surface area contributed by atoms with E-state index in [-0.39, 0.29) is 0 Å². The molecule has 2 aliphatic carbocycles. The highest BCUT2D eigenvalue weighted by molar-refractivity contribution is 5.14. The molecule has 3 heteroatoms. The number of nitrogens with zero attached hydrogens (tertiary/aromatic N) is 1. The molecule has 0 bridgehead atoms. The lowest BCUT2D eigenvalue weighted by Crippen LogP contribution is -2.75. The van der Waals surface area contributed by atoms with Crippen molar-refractivity contribution in [1.82, 2.24) is 4.90 Å². The smallest absolute Gasteiger partial charge is 0.0789 e. The van der Waals surface area contributed by atoms with Gasteiger partial charge in [0.15, 0.2) is 0 Å². The fraction of sp³-hybridized carbons (Fsp3) is 1.00. The molecule has 84 valence electrons. The molecule has 4 rings (SSSR count). The van der Waals surface area contributed by atoms with Crippen molar-refractivity contribution in [1.29, 1.82) is 0 Å². The molecule has 4 aliphatic rings. The Morgan fingerprint density at radius 1 is 1.27 bits per heavy atom. The Labute approximate surface area is 90.9 Å². The largest absolute Gasteiger partial charge is 0.376 e. The maximum atomic E-state index is 6.24. The maximum absolute atomic E-state index is 6.24. The van der Waals surface area contributed by atoms with Crippen LogP contribution >= 0.6 is 0 Å². The lowest BCUT2D eigenvalue weighted by Gasteiger charge is -2.63. The van der Waals surface area contributed by atoms with Gasteiger partial charge in [0.2, 0.25) is 0 Å². The van der Waals surface area contributed by atoms with Crippen LogP contribution in [0.25, 0.3) is 0 Å². The van der Waals surface area contributed by atoms with Crippen LogP contribution in [0.3, 0.4) is 0 Å². The fourth-order valence-corrected chi connectivity index (χ4v) is 4.19. The van der Waals surface area contributed by atoms with E-state index in [2.05, 4.69) is 4.90 Å². The van der Waals surface area contributed by atoms with E-state index >= 15 is 0 Å². The summed E-state index contributed by atoms with van der Waals surface area (Å²) in [5.74, 6) is 0.674. The van der Waals surface area contributed by atoms with Gasteiger partial charge >= 0.3 is 0 Å². The summed E-state index contributed by atoms with van der Waals surface area (Å²) >= 11 is 0. The number of likely N-dealkylation sites (tertiary alicyclic amines) is 1. The van der Waals surface area contributed by atoms with Crippen LogP contribution in [-0.2, 0) is 4.74 Å². The summed E-state index contributed by atoms with van der Waals surface area (Å²) in [6.07, 6.45) is 6.05. The van der Waals surface area contributed by atoms with Crippen molar-refractivity contribution in [2.24, 2.45) is 17.1 Å². The zero-order chi connectivity index (χ0) is 10.0. The lowest BCUT2D eigenvalue weighted by atomic mass is 9.60. The van der Waals surface area contributed by atoms with Crippen LogP contribution in [0.1, 0.15) is 25.7 Å². The molecule has 4 unspecified atom stereocenters. The molecular weight excluding hydrogens is 188 g/mol. The topological polar surface area (TPSA) is 38.5 Å². The summed E-state index contributed by atoms with van der Waals surface area (Å²) in [4.78, 5) is 2.59. The summed E-state index contributed by atoms with van der Waals surface area (Å²) in [6.45, 7) is 3.55. The fourth-order valence-electron chi connectivity index (χ4n) is 4.19. The molecule has 2 N–H and O–H groups in total. The maximum Gasteiger partial charge on any atom is 0.0789 e. The van der Waals surface area contributed by atoms with Crippen LogP contribution in [-0.4, -0.2) is 42.8 Å². The van der Waals surface area contributed by atoms with Gasteiger partial charge in [0.25, 0.3) is 0 Å². The number of rotatable bonds is 1. The highest BCUT2D eigenvalue weighted by Gasteiger charge is 2.59. The molecule has 15 heavy (non-hydrogen) atoms. The molecule has 4 atom stereocenters. The van der Waals surface area contributed by atoms with E-state index in [4.69, 9.17) is 10.5 Å². The highest BCUT2D eigenvalue weighted by atomic mass is 16.5. The van der Waals surface area contributed by atoms with Gasteiger partial charge in [0.05, 0.1) is 12.1 Å². The first-order chi connectivity index (χ1) is 7.29. The summed E-state index contributed by atoms with van der Waals surface area (Å²) in [6, 6.07) is 0.957. The Kier molecular flexibility index (Phi) is 1.65. The predicted molar refractivity (Wildman–Crippen MR) is 57.5 cm³/mol. The van der Waals surface area contributed by atoms with Crippen molar-refractivity contribution in [3.05, 3.63) is 0 Å². The minimum Gasteiger partial charge on any atom is -0.376 e. The minimum absolute atomic E-state index is 0.398. The van der Waals surface area contributed by atoms with Crippen molar-refractivity contribution in [3.8, 4) is 0 Å². The van der Waals surface area contributed by atoms with E-state index in [1.165, 1.54) is 38.8 Å². The summed E-state index contributed by atoms with van der Waals surface area (Å²) in [7, 11) is 0. The molecule has 0 aromatic heterocycles. The van der Waals surface area contributed by atoms with Gasteiger partial charge in [0, 0.05) is 31.7 Å². The first-order valence-corrected chi connectivity index (χ1v) is 6.40. The summed E-state index contributed by atoms with van der Waals surface area (Å²) in [5.41, 5.74) is 6.97. The first kappa shape index (κ1) is 8.97. The van der Waals surface area contributed by atoms with Crippen LogP contribution < -0.4 is 5.73 Å². The van der Waals surface area contributed by atoms with E-state index < -0.39 is 0 Å². The Morgan fingerprint density at radius 3 is 2.73 bits per heavy atom. The molecule has 0 aromatic rings. The summed E-state index contributed by atoms with van der Waals surface area (Å²) < 4.78 is 5.79. The third-order valence-corrected chi connectivity index (χ3v) is 5.32. The minimum atomic E-state index is 0.398. The third kappa shape index (κ3) is 1.02. The van der Waals surface area contributed by atoms with Crippen LogP contribution in [0.5, 0.6) is 0 Å². The normalized spacial score (nSPS) is 51.8. The average Bonchev–Trinajstić information content (AvgIpc) is 2.50. The molecule has 0 amide bonds. The molecule has 2 aliphatic heterocycles. The van der Waals surface area contributed by atoms with Gasteiger partial charge in [-0.25, -0.2) is 0 Å². The standard InChI is InChI=1S/C12H20N2O/c13-9-8-2-5-15-11(8)10(9)14-6-12(7-14)3-1-4-12/h8-11H,1-7,13H2. The van der Waals surface area contributed by atoms with E-state index in [1.807, 2.05) is 0 Å². The first-order valence-electron chi connectivity index (χ1n) is 6.40. The van der Waals surface area contributed by atoms with Crippen molar-refractivity contribution >= 4 is 0 Å². The van der Waals surface area contributed by atoms with E-state index in [9.17, 15) is 0 Å². The third-order valence-electron chi connectivity index (χ3n) is 5.32. The van der Waals surface area contributed by atoms with Gasteiger partial charge in [-0.1, -0.05) is 6.42 Å². The number of ether oxygens (including phenoxy) is 1. The van der Waals surface area contributed by atoms with Gasteiger partial charge < -0.3 is 10.5 Å². The molecule has 0 radical (unpaired) electrons. The zero-order valence-electron chi connectivity index (χ0n) is 9.19. The van der Waals surface area contributed by atoms with Crippen LogP contribution in [0.2, 0.25) is 0 Å². The molecule has 2 heterocycles. The average molecular weight is 208 g/mol. The van der Waals surface area contributed by atoms with Gasteiger partial charge in [0.1, 0.15) is 0 Å². The van der Waals surface area contributed by atoms with Gasteiger partial charge in [-0.3, -0.25) is 4.90 Å². The van der Waals surface area contributed by atoms with Gasteiger partial charge in [-0.2, -0.15) is 0 Å². The second-order valence-corrected chi connectivity index (χ2v) is 6.11. The molecule has 4 fully saturated rings. The van der Waals surface area contributed by atoms with Gasteiger partial charge in [-0.05, 0) is 24.7 Å². The number of hydrogen-bond acceptors (Lipinski definition) is 3. The predicted octanol–water partition coefficient (Wildman–Crippen LogP) is 0.587. The SMILES string of the molecule is NC1C2CCOC2C1N1CC2(CCC2)C1. The van der Waals surface area contributed by atoms with Crippen LogP contribution in [0.4, 0.5) is 0 Å². The number of fused-ring (bicyclic) bond motifs is 1. The molecular formula is C12H20N2O. The van der Waals surface area contributed by atoms with Crippen molar-refractivity contribution in [3.63, 3.8) is 0 Å². The second-order valence-electron chi connectivity index (χ2n) is 6.11. The molecule has 0 aromatic carbocycles. The monoisotopic (exact) mass is 208 g/mol. The number of hydrogen-bond donors (Lipinski definition) is 1. The van der Waals surface area contributed by atoms with Gasteiger partial charge in [-0.15, -0.1) is 0 Å². The van der Waals surface area contributed by atoms with E-state index in [0.29, 0.717) is 24.1 Å². The van der Waals surface area contributed by atoms with Crippen LogP contribution in [0.15, 0.2) is 0 Å². The van der Waals surface area contributed by atoms with Crippen LogP contribution in [0, 0.1) is 11.3 Å². The van der Waals surface area contributed by atoms with Crippen molar-refractivity contribution in [2.75, 3.05) is 19.7 Å². The highest BCUT2D eigenvalue weighted by Crippen LogP contribution is 2.52. The molecule has 2 saturated heterocycles. The zero-order valence-corrected chi connectivity index (χ0v) is 9.19.